The summed E-state index contributed by atoms with van der Waals surface area (Å²) in [6.07, 6.45) is 3.40. The zero-order valence-electron chi connectivity index (χ0n) is 16.2. The number of allylic oxidation sites excluding steroid dienone is 2. The smallest absolute Gasteiger partial charge is 0.355 e. The van der Waals surface area contributed by atoms with Crippen LogP contribution in [-0.2, 0) is 23.9 Å². The first-order chi connectivity index (χ1) is 14.2. The number of ether oxygens (including phenoxy) is 2. The Morgan fingerprint density at radius 2 is 1.73 bits per heavy atom. The van der Waals surface area contributed by atoms with Crippen molar-refractivity contribution in [2.75, 3.05) is 7.11 Å². The number of aldehydes is 1. The fourth-order valence-electron chi connectivity index (χ4n) is 3.40. The van der Waals surface area contributed by atoms with E-state index in [-0.39, 0.29) is 5.57 Å². The van der Waals surface area contributed by atoms with Crippen LogP contribution in [0.5, 0.6) is 0 Å². The number of carbonyl (C=O) groups excluding carboxylic acids is 3. The van der Waals surface area contributed by atoms with Crippen LogP contribution in [0.1, 0.15) is 13.8 Å². The van der Waals surface area contributed by atoms with Crippen LogP contribution in [0.4, 0.5) is 0 Å². The number of hydrogen-bond acceptors (Lipinski definition) is 10. The van der Waals surface area contributed by atoms with E-state index in [0.717, 1.165) is 18.2 Å². The van der Waals surface area contributed by atoms with Gasteiger partial charge in [-0.2, -0.15) is 21.0 Å². The normalized spacial score (nSPS) is 20.5. The molecule has 0 spiro atoms. The molecule has 1 unspecified atom stereocenters. The number of rotatable bonds is 4. The van der Waals surface area contributed by atoms with E-state index in [0.29, 0.717) is 6.29 Å². The molecular weight excluding hydrogens is 390 g/mol. The zero-order valence-corrected chi connectivity index (χ0v) is 16.2. The second-order valence-corrected chi connectivity index (χ2v) is 6.63. The maximum atomic E-state index is 13.0. The van der Waals surface area contributed by atoms with Gasteiger partial charge in [-0.3, -0.25) is 4.79 Å². The van der Waals surface area contributed by atoms with Gasteiger partial charge >= 0.3 is 11.9 Å². The molecule has 2 rings (SSSR count). The van der Waals surface area contributed by atoms with Crippen molar-refractivity contribution in [3.05, 3.63) is 35.2 Å². The van der Waals surface area contributed by atoms with Crippen LogP contribution in [-0.4, -0.2) is 42.4 Å². The third-order valence-corrected chi connectivity index (χ3v) is 4.71. The molecule has 0 N–H and O–H groups in total. The molecule has 10 heteroatoms. The lowest BCUT2D eigenvalue weighted by Crippen LogP contribution is -2.60. The van der Waals surface area contributed by atoms with Gasteiger partial charge in [-0.15, -0.1) is 0 Å². The molecule has 0 aromatic carbocycles. The molecule has 2 heterocycles. The van der Waals surface area contributed by atoms with Crippen molar-refractivity contribution < 1.29 is 23.9 Å². The number of nitriles is 4. The Morgan fingerprint density at radius 1 is 1.13 bits per heavy atom. The van der Waals surface area contributed by atoms with E-state index in [1.54, 1.807) is 24.3 Å². The summed E-state index contributed by atoms with van der Waals surface area (Å²) in [5.41, 5.74) is -6.45. The van der Waals surface area contributed by atoms with Gasteiger partial charge in [0.05, 0.1) is 43.5 Å². The maximum absolute atomic E-state index is 13.0. The van der Waals surface area contributed by atoms with Crippen LogP contribution >= 0.6 is 0 Å². The number of fused-ring (bicyclic) bond motifs is 1. The molecule has 0 saturated carbocycles. The van der Waals surface area contributed by atoms with E-state index < -0.39 is 46.2 Å². The predicted octanol–water partition coefficient (Wildman–Crippen LogP) is 0.769. The molecule has 0 bridgehead atoms. The third-order valence-electron chi connectivity index (χ3n) is 4.71. The molecule has 2 aliphatic rings. The highest BCUT2D eigenvalue weighted by molar-refractivity contribution is 6.03. The lowest BCUT2D eigenvalue weighted by Gasteiger charge is -2.48. The first-order valence-corrected chi connectivity index (χ1v) is 8.56. The molecule has 2 aliphatic heterocycles. The number of carbonyl (C=O) groups is 3. The van der Waals surface area contributed by atoms with Crippen LogP contribution in [0.15, 0.2) is 35.2 Å². The Bertz CT molecular complexity index is 1040. The molecule has 0 aliphatic carbocycles. The van der Waals surface area contributed by atoms with Crippen molar-refractivity contribution in [3.8, 4) is 24.3 Å². The van der Waals surface area contributed by atoms with Crippen molar-refractivity contribution in [2.45, 2.75) is 26.0 Å². The summed E-state index contributed by atoms with van der Waals surface area (Å²) in [6.45, 7) is 3.00. The van der Waals surface area contributed by atoms with Crippen molar-refractivity contribution in [3.63, 3.8) is 0 Å². The van der Waals surface area contributed by atoms with Crippen molar-refractivity contribution in [1.82, 2.24) is 4.90 Å². The van der Waals surface area contributed by atoms with Gasteiger partial charge in [0.1, 0.15) is 11.3 Å². The zero-order chi connectivity index (χ0) is 22.7. The molecule has 0 radical (unpaired) electrons. The average Bonchev–Trinajstić information content (AvgIpc) is 2.75. The first kappa shape index (κ1) is 21.9. The summed E-state index contributed by atoms with van der Waals surface area (Å²) >= 11 is 0. The van der Waals surface area contributed by atoms with Crippen molar-refractivity contribution >= 4 is 18.2 Å². The van der Waals surface area contributed by atoms with Gasteiger partial charge < -0.3 is 14.4 Å². The van der Waals surface area contributed by atoms with E-state index in [4.69, 9.17) is 9.47 Å². The second-order valence-electron chi connectivity index (χ2n) is 6.63. The van der Waals surface area contributed by atoms with E-state index in [9.17, 15) is 35.4 Å². The molecule has 0 fully saturated rings. The Hall–Kier alpha value is -4.41. The number of methoxy groups -OCH3 is 1. The second kappa shape index (κ2) is 7.91. The van der Waals surface area contributed by atoms with Gasteiger partial charge in [0, 0.05) is 11.8 Å². The van der Waals surface area contributed by atoms with Crippen LogP contribution in [0.2, 0.25) is 0 Å². The number of hydrogen-bond donors (Lipinski definition) is 0. The summed E-state index contributed by atoms with van der Waals surface area (Å²) < 4.78 is 9.87. The highest BCUT2D eigenvalue weighted by Gasteiger charge is 2.69. The first-order valence-electron chi connectivity index (χ1n) is 8.56. The SMILES string of the molecule is COC(=O)C1=C(C(=O)OC(C)C)C(C#N)(C#N)C(C#N)(C#N)C2C=CC(C=O)=CN12. The summed E-state index contributed by atoms with van der Waals surface area (Å²) in [4.78, 5) is 37.9. The predicted molar refractivity (Wildman–Crippen MR) is 96.5 cm³/mol. The standard InChI is InChI=1S/C20H15N5O5/c1-12(2)30-17(27)15-16(18(28)29-3)25-6-13(7-26)4-5-14(25)19(8-21,9-22)20(15,10-23)11-24/h4-7,12,14H,1-3H3. The van der Waals surface area contributed by atoms with Crippen molar-refractivity contribution in [2.24, 2.45) is 10.8 Å². The van der Waals surface area contributed by atoms with Gasteiger partial charge in [-0.1, -0.05) is 12.2 Å². The molecule has 0 amide bonds. The number of esters is 2. The minimum absolute atomic E-state index is 0.0513. The minimum atomic E-state index is -2.69. The van der Waals surface area contributed by atoms with Gasteiger partial charge in [0.15, 0.2) is 6.29 Å². The van der Waals surface area contributed by atoms with Gasteiger partial charge in [0.2, 0.25) is 10.8 Å². The Morgan fingerprint density at radius 3 is 2.17 bits per heavy atom. The molecule has 30 heavy (non-hydrogen) atoms. The van der Waals surface area contributed by atoms with Gasteiger partial charge in [-0.25, -0.2) is 9.59 Å². The van der Waals surface area contributed by atoms with E-state index in [1.807, 2.05) is 0 Å². The van der Waals surface area contributed by atoms with Gasteiger partial charge in [-0.05, 0) is 13.8 Å². The monoisotopic (exact) mass is 405 g/mol. The molecule has 0 aromatic rings. The fraction of sp³-hybridized carbons (Fsp3) is 0.350. The fourth-order valence-corrected chi connectivity index (χ4v) is 3.40. The molecule has 150 valence electrons. The lowest BCUT2D eigenvalue weighted by molar-refractivity contribution is -0.147. The maximum Gasteiger partial charge on any atom is 0.355 e. The van der Waals surface area contributed by atoms with Crippen LogP contribution in [0.25, 0.3) is 0 Å². The quantitative estimate of drug-likeness (QED) is 0.481. The molecule has 10 nitrogen and oxygen atoms in total. The topological polar surface area (TPSA) is 168 Å². The minimum Gasteiger partial charge on any atom is -0.464 e. The van der Waals surface area contributed by atoms with Gasteiger partial charge in [0.25, 0.3) is 0 Å². The molecular formula is C20H15N5O5. The molecule has 0 aromatic heterocycles. The third kappa shape index (κ3) is 2.80. The summed E-state index contributed by atoms with van der Waals surface area (Å²) in [5.74, 6) is -2.36. The highest BCUT2D eigenvalue weighted by atomic mass is 16.5. The van der Waals surface area contributed by atoms with Crippen LogP contribution in [0.3, 0.4) is 0 Å². The van der Waals surface area contributed by atoms with E-state index in [1.165, 1.54) is 26.0 Å². The average molecular weight is 405 g/mol. The van der Waals surface area contributed by atoms with Crippen LogP contribution in [0, 0.1) is 56.2 Å². The molecule has 0 saturated heterocycles. The lowest BCUT2D eigenvalue weighted by atomic mass is 9.55. The van der Waals surface area contributed by atoms with Crippen molar-refractivity contribution in [1.29, 1.82) is 21.0 Å². The Balaban J connectivity index is 3.11. The Labute approximate surface area is 172 Å². The molecule has 1 atom stereocenters. The number of nitrogens with zero attached hydrogens (tertiary/aromatic N) is 5. The highest BCUT2D eigenvalue weighted by Crippen LogP contribution is 2.55. The summed E-state index contributed by atoms with van der Waals surface area (Å²) in [7, 11) is 1.01. The largest absolute Gasteiger partial charge is 0.464 e. The summed E-state index contributed by atoms with van der Waals surface area (Å²) in [5, 5.41) is 39.8. The van der Waals surface area contributed by atoms with E-state index >= 15 is 0 Å². The van der Waals surface area contributed by atoms with Crippen LogP contribution < -0.4 is 0 Å². The Kier molecular flexibility index (Phi) is 5.77. The van der Waals surface area contributed by atoms with E-state index in [2.05, 4.69) is 0 Å². The summed E-state index contributed by atoms with van der Waals surface area (Å²) in [6, 6.07) is 5.26.